The Balaban J connectivity index is 2.11. The lowest BCUT2D eigenvalue weighted by molar-refractivity contribution is 0.0562. The maximum absolute atomic E-state index is 12.4. The van der Waals surface area contributed by atoms with Crippen molar-refractivity contribution >= 4 is 21.8 Å². The summed E-state index contributed by atoms with van der Waals surface area (Å²) in [5.41, 5.74) is 0.606. The number of rotatable bonds is 5. The van der Waals surface area contributed by atoms with Crippen molar-refractivity contribution in [2.45, 2.75) is 31.7 Å². The SMILES string of the molecule is O=C(c1cncc(Br)c1)N(CCCO)C1CCC1. The van der Waals surface area contributed by atoms with Crippen LogP contribution in [-0.4, -0.2) is 40.1 Å². The standard InChI is InChI=1S/C13H17BrN2O2/c14-11-7-10(8-15-9-11)13(18)16(5-2-6-17)12-3-1-4-12/h7-9,12,17H,1-6H2. The number of carbonyl (C=O) groups excluding carboxylic acids is 1. The molecule has 1 N–H and O–H groups in total. The van der Waals surface area contributed by atoms with Crippen LogP contribution in [0.3, 0.4) is 0 Å². The molecule has 0 atom stereocenters. The molecule has 5 heteroatoms. The summed E-state index contributed by atoms with van der Waals surface area (Å²) in [4.78, 5) is 18.3. The number of amides is 1. The van der Waals surface area contributed by atoms with E-state index in [0.717, 1.165) is 17.3 Å². The lowest BCUT2D eigenvalue weighted by Gasteiger charge is -2.37. The second kappa shape index (κ2) is 6.29. The molecular formula is C13H17BrN2O2. The number of aliphatic hydroxyl groups excluding tert-OH is 1. The smallest absolute Gasteiger partial charge is 0.255 e. The van der Waals surface area contributed by atoms with Crippen LogP contribution >= 0.6 is 15.9 Å². The van der Waals surface area contributed by atoms with Crippen LogP contribution in [0.25, 0.3) is 0 Å². The molecule has 0 saturated heterocycles. The van der Waals surface area contributed by atoms with Crippen molar-refractivity contribution < 1.29 is 9.90 Å². The van der Waals surface area contributed by atoms with E-state index in [9.17, 15) is 4.79 Å². The van der Waals surface area contributed by atoms with Gasteiger partial charge in [0, 0.05) is 36.1 Å². The third-order valence-electron chi connectivity index (χ3n) is 3.29. The normalized spacial score (nSPS) is 15.2. The summed E-state index contributed by atoms with van der Waals surface area (Å²) in [6, 6.07) is 2.13. The maximum atomic E-state index is 12.4. The van der Waals surface area contributed by atoms with Crippen LogP contribution in [0.15, 0.2) is 22.9 Å². The Morgan fingerprint density at radius 3 is 2.83 bits per heavy atom. The minimum atomic E-state index is 0.0157. The van der Waals surface area contributed by atoms with Gasteiger partial charge in [-0.25, -0.2) is 0 Å². The quantitative estimate of drug-likeness (QED) is 0.907. The highest BCUT2D eigenvalue weighted by Crippen LogP contribution is 2.26. The molecule has 1 fully saturated rings. The van der Waals surface area contributed by atoms with E-state index in [1.807, 2.05) is 4.90 Å². The van der Waals surface area contributed by atoms with Gasteiger partial charge in [0.1, 0.15) is 0 Å². The van der Waals surface area contributed by atoms with Gasteiger partial charge < -0.3 is 10.0 Å². The summed E-state index contributed by atoms with van der Waals surface area (Å²) in [5.74, 6) is 0.0157. The zero-order chi connectivity index (χ0) is 13.0. The first kappa shape index (κ1) is 13.5. The van der Waals surface area contributed by atoms with Gasteiger partial charge in [0.25, 0.3) is 5.91 Å². The van der Waals surface area contributed by atoms with E-state index in [2.05, 4.69) is 20.9 Å². The van der Waals surface area contributed by atoms with Crippen molar-refractivity contribution in [3.63, 3.8) is 0 Å². The van der Waals surface area contributed by atoms with Gasteiger partial charge in [0.05, 0.1) is 5.56 Å². The molecule has 0 bridgehead atoms. The summed E-state index contributed by atoms with van der Waals surface area (Å²) in [7, 11) is 0. The third kappa shape index (κ3) is 3.09. The first-order valence-corrected chi connectivity index (χ1v) is 7.04. The fraction of sp³-hybridized carbons (Fsp3) is 0.538. The van der Waals surface area contributed by atoms with Crippen molar-refractivity contribution in [1.82, 2.24) is 9.88 Å². The predicted octanol–water partition coefficient (Wildman–Crippen LogP) is 2.22. The first-order chi connectivity index (χ1) is 8.72. The molecule has 1 aromatic rings. The Morgan fingerprint density at radius 2 is 2.28 bits per heavy atom. The van der Waals surface area contributed by atoms with Crippen LogP contribution in [-0.2, 0) is 0 Å². The summed E-state index contributed by atoms with van der Waals surface area (Å²) in [6.45, 7) is 0.736. The summed E-state index contributed by atoms with van der Waals surface area (Å²) in [5, 5.41) is 8.93. The number of aliphatic hydroxyl groups is 1. The molecule has 0 aliphatic heterocycles. The second-order valence-corrected chi connectivity index (χ2v) is 5.47. The summed E-state index contributed by atoms with van der Waals surface area (Å²) >= 11 is 3.33. The minimum Gasteiger partial charge on any atom is -0.396 e. The van der Waals surface area contributed by atoms with E-state index in [4.69, 9.17) is 5.11 Å². The molecule has 1 aliphatic carbocycles. The molecule has 1 aliphatic rings. The Kier molecular flexibility index (Phi) is 4.72. The van der Waals surface area contributed by atoms with Gasteiger partial charge in [-0.3, -0.25) is 9.78 Å². The number of hydrogen-bond acceptors (Lipinski definition) is 3. The lowest BCUT2D eigenvalue weighted by atomic mass is 9.91. The summed E-state index contributed by atoms with van der Waals surface area (Å²) in [6.07, 6.45) is 7.21. The molecule has 1 saturated carbocycles. The van der Waals surface area contributed by atoms with Crippen molar-refractivity contribution in [1.29, 1.82) is 0 Å². The van der Waals surface area contributed by atoms with Gasteiger partial charge in [0.15, 0.2) is 0 Å². The topological polar surface area (TPSA) is 53.4 Å². The molecule has 4 nitrogen and oxygen atoms in total. The van der Waals surface area contributed by atoms with E-state index in [-0.39, 0.29) is 12.5 Å². The zero-order valence-electron chi connectivity index (χ0n) is 10.2. The van der Waals surface area contributed by atoms with Gasteiger partial charge in [-0.1, -0.05) is 0 Å². The molecule has 0 spiro atoms. The Bertz CT molecular complexity index is 421. The minimum absolute atomic E-state index is 0.0157. The van der Waals surface area contributed by atoms with Gasteiger partial charge in [-0.2, -0.15) is 0 Å². The van der Waals surface area contributed by atoms with E-state index >= 15 is 0 Å². The number of aromatic nitrogens is 1. The molecule has 98 valence electrons. The molecule has 0 unspecified atom stereocenters. The molecular weight excluding hydrogens is 296 g/mol. The van der Waals surface area contributed by atoms with Crippen molar-refractivity contribution in [3.8, 4) is 0 Å². The maximum Gasteiger partial charge on any atom is 0.255 e. The monoisotopic (exact) mass is 312 g/mol. The highest BCUT2D eigenvalue weighted by atomic mass is 79.9. The zero-order valence-corrected chi connectivity index (χ0v) is 11.8. The first-order valence-electron chi connectivity index (χ1n) is 6.24. The van der Waals surface area contributed by atoms with Gasteiger partial charge in [-0.15, -0.1) is 0 Å². The highest BCUT2D eigenvalue weighted by Gasteiger charge is 2.29. The fourth-order valence-corrected chi connectivity index (χ4v) is 2.45. The van der Waals surface area contributed by atoms with E-state index < -0.39 is 0 Å². The predicted molar refractivity (Wildman–Crippen MR) is 72.3 cm³/mol. The van der Waals surface area contributed by atoms with Crippen LogP contribution in [0.1, 0.15) is 36.0 Å². The molecule has 0 radical (unpaired) electrons. The Hall–Kier alpha value is -0.940. The number of hydrogen-bond donors (Lipinski definition) is 1. The highest BCUT2D eigenvalue weighted by molar-refractivity contribution is 9.10. The van der Waals surface area contributed by atoms with Crippen molar-refractivity contribution in [2.75, 3.05) is 13.2 Å². The molecule has 18 heavy (non-hydrogen) atoms. The summed E-state index contributed by atoms with van der Waals surface area (Å²) < 4.78 is 0.809. The number of carbonyl (C=O) groups is 1. The fourth-order valence-electron chi connectivity index (χ4n) is 2.08. The van der Waals surface area contributed by atoms with Crippen LogP contribution in [0.4, 0.5) is 0 Å². The van der Waals surface area contributed by atoms with E-state index in [0.29, 0.717) is 24.6 Å². The van der Waals surface area contributed by atoms with Crippen molar-refractivity contribution in [2.24, 2.45) is 0 Å². The van der Waals surface area contributed by atoms with Gasteiger partial charge in [0.2, 0.25) is 0 Å². The molecule has 2 rings (SSSR count). The van der Waals surface area contributed by atoms with Crippen LogP contribution in [0, 0.1) is 0 Å². The Morgan fingerprint density at radius 1 is 1.50 bits per heavy atom. The van der Waals surface area contributed by atoms with Crippen LogP contribution in [0.5, 0.6) is 0 Å². The number of halogens is 1. The number of pyridine rings is 1. The molecule has 1 heterocycles. The molecule has 1 aromatic heterocycles. The second-order valence-electron chi connectivity index (χ2n) is 4.55. The van der Waals surface area contributed by atoms with Crippen molar-refractivity contribution in [3.05, 3.63) is 28.5 Å². The van der Waals surface area contributed by atoms with Crippen LogP contribution in [0.2, 0.25) is 0 Å². The third-order valence-corrected chi connectivity index (χ3v) is 3.72. The average molecular weight is 313 g/mol. The van der Waals surface area contributed by atoms with E-state index in [1.165, 1.54) is 6.42 Å². The van der Waals surface area contributed by atoms with E-state index in [1.54, 1.807) is 18.5 Å². The van der Waals surface area contributed by atoms with Gasteiger partial charge in [-0.05, 0) is 47.7 Å². The van der Waals surface area contributed by atoms with Gasteiger partial charge >= 0.3 is 0 Å². The largest absolute Gasteiger partial charge is 0.396 e. The van der Waals surface area contributed by atoms with Crippen LogP contribution < -0.4 is 0 Å². The average Bonchev–Trinajstić information content (AvgIpc) is 2.31. The lowest BCUT2D eigenvalue weighted by Crippen LogP contribution is -2.45. The molecule has 1 amide bonds. The number of nitrogens with zero attached hydrogens (tertiary/aromatic N) is 2. The Labute approximate surface area is 115 Å². The molecule has 0 aromatic carbocycles.